The van der Waals surface area contributed by atoms with Gasteiger partial charge in [-0.1, -0.05) is 19.4 Å². The summed E-state index contributed by atoms with van der Waals surface area (Å²) < 4.78 is 5.90. The number of hydrogen-bond donors (Lipinski definition) is 2. The van der Waals surface area contributed by atoms with Crippen molar-refractivity contribution in [3.05, 3.63) is 11.6 Å². The van der Waals surface area contributed by atoms with Gasteiger partial charge >= 0.3 is 11.9 Å². The number of aliphatic carboxylic acids is 1. The van der Waals surface area contributed by atoms with Crippen LogP contribution in [0.15, 0.2) is 11.6 Å². The summed E-state index contributed by atoms with van der Waals surface area (Å²) in [6.45, 7) is 4.23. The Labute approximate surface area is 170 Å². The molecule has 1 spiro atoms. The number of esters is 1. The van der Waals surface area contributed by atoms with E-state index in [1.54, 1.807) is 6.08 Å². The minimum Gasteiger partial charge on any atom is -0.481 e. The number of aliphatic hydroxyl groups excluding tert-OH is 1. The van der Waals surface area contributed by atoms with Crippen molar-refractivity contribution in [3.8, 4) is 0 Å². The maximum absolute atomic E-state index is 12.4. The van der Waals surface area contributed by atoms with Crippen LogP contribution >= 0.6 is 0 Å². The van der Waals surface area contributed by atoms with Crippen molar-refractivity contribution in [1.82, 2.24) is 0 Å². The Morgan fingerprint density at radius 2 is 1.93 bits per heavy atom. The number of hydrogen-bond acceptors (Lipinski definition) is 5. The molecule has 29 heavy (non-hydrogen) atoms. The minimum atomic E-state index is -0.846. The molecule has 5 rings (SSSR count). The molecule has 0 unspecified atom stereocenters. The third-order valence-electron chi connectivity index (χ3n) is 9.60. The number of allylic oxidation sites excluding steroid dienone is 1. The SMILES string of the molecule is C[C@]12CCC(=O)C=C1C[C@@H](C(=O)O)[C@@H]1[C@@H]2[C@H](O)C[C@@]2(C)[C@H]1CC[C@@]21CCC(=O)O1. The summed E-state index contributed by atoms with van der Waals surface area (Å²) in [4.78, 5) is 36.4. The fraction of sp³-hybridized carbons (Fsp3) is 0.783. The third-order valence-corrected chi connectivity index (χ3v) is 9.60. The number of ketones is 1. The van der Waals surface area contributed by atoms with Crippen molar-refractivity contribution in [3.63, 3.8) is 0 Å². The van der Waals surface area contributed by atoms with Gasteiger partial charge in [-0.2, -0.15) is 0 Å². The number of carbonyl (C=O) groups is 3. The summed E-state index contributed by atoms with van der Waals surface area (Å²) in [6, 6.07) is 0. The number of ether oxygens (including phenoxy) is 1. The van der Waals surface area contributed by atoms with Gasteiger partial charge in [0, 0.05) is 18.3 Å². The second kappa shape index (κ2) is 5.93. The molecular weight excluding hydrogens is 372 g/mol. The van der Waals surface area contributed by atoms with E-state index in [4.69, 9.17) is 4.74 Å². The standard InChI is InChI=1S/C23H30O6/c1-21-6-3-13(24)9-12(21)10-14(20(27)28)18-15-4-7-23(8-5-17(26)29-23)22(15,2)11-16(25)19(18)21/h9,14-16,18-19,25H,3-8,10-11H2,1-2H3,(H,27,28)/t14-,15+,16-,18+,19+,21+,22+,23-/m1/s1. The Hall–Kier alpha value is -1.69. The van der Waals surface area contributed by atoms with Crippen molar-refractivity contribution in [2.45, 2.75) is 76.9 Å². The van der Waals surface area contributed by atoms with Crippen molar-refractivity contribution < 1.29 is 29.3 Å². The Balaban J connectivity index is 1.62. The molecule has 0 aromatic rings. The predicted molar refractivity (Wildman–Crippen MR) is 103 cm³/mol. The summed E-state index contributed by atoms with van der Waals surface area (Å²) in [5, 5.41) is 21.6. The highest BCUT2D eigenvalue weighted by atomic mass is 16.6. The molecule has 2 N–H and O–H groups in total. The van der Waals surface area contributed by atoms with Crippen LogP contribution in [0.25, 0.3) is 0 Å². The molecule has 0 radical (unpaired) electrons. The molecule has 0 amide bonds. The van der Waals surface area contributed by atoms with Crippen LogP contribution in [0, 0.1) is 34.5 Å². The first-order chi connectivity index (χ1) is 13.6. The highest BCUT2D eigenvalue weighted by molar-refractivity contribution is 5.92. The molecular formula is C23H30O6. The van der Waals surface area contributed by atoms with Gasteiger partial charge in [-0.15, -0.1) is 0 Å². The largest absolute Gasteiger partial charge is 0.481 e. The van der Waals surface area contributed by atoms with Gasteiger partial charge in [-0.05, 0) is 67.8 Å². The van der Waals surface area contributed by atoms with Gasteiger partial charge in [0.25, 0.3) is 0 Å². The Kier molecular flexibility index (Phi) is 3.94. The van der Waals surface area contributed by atoms with Crippen LogP contribution in [0.3, 0.4) is 0 Å². The molecule has 1 heterocycles. The Morgan fingerprint density at radius 3 is 2.59 bits per heavy atom. The molecule has 4 aliphatic carbocycles. The molecule has 0 aromatic heterocycles. The second-order valence-electron chi connectivity index (χ2n) is 10.6. The third kappa shape index (κ3) is 2.35. The van der Waals surface area contributed by atoms with E-state index in [2.05, 4.69) is 13.8 Å². The van der Waals surface area contributed by atoms with E-state index in [0.29, 0.717) is 38.5 Å². The molecule has 3 saturated carbocycles. The maximum Gasteiger partial charge on any atom is 0.307 e. The lowest BCUT2D eigenvalue weighted by Gasteiger charge is -2.62. The molecule has 6 heteroatoms. The van der Waals surface area contributed by atoms with Crippen LogP contribution in [0.1, 0.15) is 65.2 Å². The van der Waals surface area contributed by atoms with Gasteiger partial charge < -0.3 is 14.9 Å². The highest BCUT2D eigenvalue weighted by Gasteiger charge is 2.71. The Morgan fingerprint density at radius 1 is 1.17 bits per heavy atom. The van der Waals surface area contributed by atoms with Gasteiger partial charge in [0.2, 0.25) is 0 Å². The predicted octanol–water partition coefficient (Wildman–Crippen LogP) is 2.88. The number of rotatable bonds is 1. The summed E-state index contributed by atoms with van der Waals surface area (Å²) in [5.41, 5.74) is -0.406. The van der Waals surface area contributed by atoms with Gasteiger partial charge in [-0.3, -0.25) is 14.4 Å². The average Bonchev–Trinajstić information content (AvgIpc) is 3.15. The van der Waals surface area contributed by atoms with Gasteiger partial charge in [0.05, 0.1) is 12.0 Å². The normalized spacial score (nSPS) is 51.1. The van der Waals surface area contributed by atoms with E-state index in [-0.39, 0.29) is 34.9 Å². The zero-order valence-electron chi connectivity index (χ0n) is 17.1. The van der Waals surface area contributed by atoms with Crippen LogP contribution in [0.5, 0.6) is 0 Å². The number of carbonyl (C=O) groups excluding carboxylic acids is 2. The topological polar surface area (TPSA) is 101 Å². The number of carboxylic acid groups (broad SMARTS) is 1. The van der Waals surface area contributed by atoms with E-state index in [9.17, 15) is 24.6 Å². The molecule has 5 aliphatic rings. The quantitative estimate of drug-likeness (QED) is 0.654. The fourth-order valence-corrected chi connectivity index (χ4v) is 8.21. The number of aliphatic hydroxyl groups is 1. The molecule has 1 saturated heterocycles. The fourth-order valence-electron chi connectivity index (χ4n) is 8.21. The first-order valence-electron chi connectivity index (χ1n) is 11.0. The van der Waals surface area contributed by atoms with E-state index >= 15 is 0 Å². The van der Waals surface area contributed by atoms with E-state index in [1.165, 1.54) is 0 Å². The van der Waals surface area contributed by atoms with Gasteiger partial charge in [0.15, 0.2) is 5.78 Å². The monoisotopic (exact) mass is 402 g/mol. The van der Waals surface area contributed by atoms with Crippen molar-refractivity contribution in [1.29, 1.82) is 0 Å². The summed E-state index contributed by atoms with van der Waals surface area (Å²) in [5.74, 6) is -1.83. The minimum absolute atomic E-state index is 0.0629. The zero-order chi connectivity index (χ0) is 20.8. The molecule has 4 fully saturated rings. The lowest BCUT2D eigenvalue weighted by atomic mass is 9.43. The van der Waals surface area contributed by atoms with Crippen LogP contribution in [-0.2, 0) is 19.1 Å². The van der Waals surface area contributed by atoms with E-state index < -0.39 is 29.0 Å². The molecule has 8 atom stereocenters. The number of fused-ring (bicyclic) bond motifs is 6. The van der Waals surface area contributed by atoms with Gasteiger partial charge in [0.1, 0.15) is 5.60 Å². The highest BCUT2D eigenvalue weighted by Crippen LogP contribution is 2.70. The molecule has 0 bridgehead atoms. The van der Waals surface area contributed by atoms with Crippen LogP contribution < -0.4 is 0 Å². The average molecular weight is 402 g/mol. The number of carboxylic acids is 1. The smallest absolute Gasteiger partial charge is 0.307 e. The zero-order valence-corrected chi connectivity index (χ0v) is 17.1. The summed E-state index contributed by atoms with van der Waals surface area (Å²) in [6.07, 6.45) is 5.67. The van der Waals surface area contributed by atoms with Crippen LogP contribution in [0.2, 0.25) is 0 Å². The molecule has 1 aliphatic heterocycles. The van der Waals surface area contributed by atoms with Crippen LogP contribution in [-0.4, -0.2) is 39.6 Å². The van der Waals surface area contributed by atoms with E-state index in [0.717, 1.165) is 18.4 Å². The molecule has 0 aromatic carbocycles. The van der Waals surface area contributed by atoms with Crippen molar-refractivity contribution in [2.24, 2.45) is 34.5 Å². The first kappa shape index (κ1) is 19.3. The second-order valence-corrected chi connectivity index (χ2v) is 10.6. The lowest BCUT2D eigenvalue weighted by molar-refractivity contribution is -0.196. The lowest BCUT2D eigenvalue weighted by Crippen LogP contribution is -2.62. The van der Waals surface area contributed by atoms with Crippen molar-refractivity contribution in [2.75, 3.05) is 0 Å². The first-order valence-corrected chi connectivity index (χ1v) is 11.0. The van der Waals surface area contributed by atoms with E-state index in [1.807, 2.05) is 0 Å². The summed E-state index contributed by atoms with van der Waals surface area (Å²) >= 11 is 0. The maximum atomic E-state index is 12.4. The van der Waals surface area contributed by atoms with Crippen LogP contribution in [0.4, 0.5) is 0 Å². The molecule has 6 nitrogen and oxygen atoms in total. The molecule has 158 valence electrons. The van der Waals surface area contributed by atoms with Crippen molar-refractivity contribution >= 4 is 17.7 Å². The Bertz CT molecular complexity index is 831. The summed E-state index contributed by atoms with van der Waals surface area (Å²) in [7, 11) is 0. The van der Waals surface area contributed by atoms with Gasteiger partial charge in [-0.25, -0.2) is 0 Å².